The van der Waals surface area contributed by atoms with Crippen LogP contribution in [0.2, 0.25) is 0 Å². The maximum atomic E-state index is 12.1. The first-order valence-electron chi connectivity index (χ1n) is 6.13. The van der Waals surface area contributed by atoms with E-state index in [1.165, 1.54) is 0 Å². The highest BCUT2D eigenvalue weighted by Crippen LogP contribution is 2.19. The molecule has 1 heterocycles. The van der Waals surface area contributed by atoms with Gasteiger partial charge in [-0.25, -0.2) is 0 Å². The Balaban J connectivity index is 2.20. The molecule has 20 heavy (non-hydrogen) atoms. The minimum atomic E-state index is -0.819. The van der Waals surface area contributed by atoms with Gasteiger partial charge < -0.3 is 16.8 Å². The number of aromatic amines is 1. The van der Waals surface area contributed by atoms with E-state index < -0.39 is 11.3 Å². The number of carbonyl (C=O) groups is 2. The maximum Gasteiger partial charge on any atom is 0.272 e. The van der Waals surface area contributed by atoms with Crippen LogP contribution in [0, 0.1) is 5.41 Å². The molecule has 1 aromatic heterocycles. The van der Waals surface area contributed by atoms with Gasteiger partial charge in [0.1, 0.15) is 0 Å². The Bertz CT molecular complexity index is 674. The molecule has 0 saturated carbocycles. The first-order valence-corrected chi connectivity index (χ1v) is 6.13. The second-order valence-electron chi connectivity index (χ2n) is 5.31. The van der Waals surface area contributed by atoms with E-state index >= 15 is 0 Å². The third kappa shape index (κ3) is 2.56. The molecule has 0 unspecified atom stereocenters. The number of benzene rings is 1. The molecule has 0 bridgehead atoms. The molecule has 2 rings (SSSR count). The summed E-state index contributed by atoms with van der Waals surface area (Å²) in [5.41, 5.74) is 11.6. The van der Waals surface area contributed by atoms with Gasteiger partial charge in [-0.15, -0.1) is 0 Å². The first-order chi connectivity index (χ1) is 9.31. The van der Waals surface area contributed by atoms with Gasteiger partial charge in [-0.1, -0.05) is 0 Å². The summed E-state index contributed by atoms with van der Waals surface area (Å²) in [7, 11) is 0. The SMILES string of the molecule is CC(C)(CNC(=O)c1n[nH]c2ccc(N)cc12)C(N)=O. The zero-order chi connectivity index (χ0) is 14.9. The van der Waals surface area contributed by atoms with E-state index in [9.17, 15) is 9.59 Å². The van der Waals surface area contributed by atoms with Crippen LogP contribution in [0.15, 0.2) is 18.2 Å². The number of fused-ring (bicyclic) bond motifs is 1. The number of nitrogens with two attached hydrogens (primary N) is 2. The maximum absolute atomic E-state index is 12.1. The number of nitrogens with one attached hydrogen (secondary N) is 2. The summed E-state index contributed by atoms with van der Waals surface area (Å²) in [4.78, 5) is 23.3. The van der Waals surface area contributed by atoms with Gasteiger partial charge in [0.05, 0.1) is 10.9 Å². The number of nitrogen functional groups attached to an aromatic ring is 1. The van der Waals surface area contributed by atoms with Crippen molar-refractivity contribution in [3.05, 3.63) is 23.9 Å². The second kappa shape index (κ2) is 4.84. The topological polar surface area (TPSA) is 127 Å². The molecule has 2 aromatic rings. The molecule has 7 nitrogen and oxygen atoms in total. The Hall–Kier alpha value is -2.57. The molecule has 0 radical (unpaired) electrons. The molecule has 0 fully saturated rings. The van der Waals surface area contributed by atoms with Crippen molar-refractivity contribution < 1.29 is 9.59 Å². The molecule has 6 N–H and O–H groups in total. The fourth-order valence-corrected chi connectivity index (χ4v) is 1.68. The van der Waals surface area contributed by atoms with Crippen molar-refractivity contribution in [2.24, 2.45) is 11.1 Å². The minimum Gasteiger partial charge on any atom is -0.399 e. The Labute approximate surface area is 115 Å². The Kier molecular flexibility index (Phi) is 3.35. The van der Waals surface area contributed by atoms with E-state index in [4.69, 9.17) is 11.5 Å². The average Bonchev–Trinajstić information content (AvgIpc) is 2.78. The van der Waals surface area contributed by atoms with E-state index in [-0.39, 0.29) is 18.1 Å². The van der Waals surface area contributed by atoms with E-state index in [0.29, 0.717) is 11.1 Å². The highest BCUT2D eigenvalue weighted by molar-refractivity contribution is 6.05. The zero-order valence-electron chi connectivity index (χ0n) is 11.4. The summed E-state index contributed by atoms with van der Waals surface area (Å²) < 4.78 is 0. The molecule has 0 atom stereocenters. The van der Waals surface area contributed by atoms with Gasteiger partial charge in [0.2, 0.25) is 5.91 Å². The van der Waals surface area contributed by atoms with Gasteiger partial charge in [0.25, 0.3) is 5.91 Å². The lowest BCUT2D eigenvalue weighted by Gasteiger charge is -2.20. The average molecular weight is 275 g/mol. The van der Waals surface area contributed by atoms with E-state index in [1.807, 2.05) is 0 Å². The molecule has 106 valence electrons. The van der Waals surface area contributed by atoms with Crippen molar-refractivity contribution in [3.8, 4) is 0 Å². The lowest BCUT2D eigenvalue weighted by Crippen LogP contribution is -2.42. The van der Waals surface area contributed by atoms with Crippen LogP contribution in [-0.4, -0.2) is 28.6 Å². The summed E-state index contributed by atoms with van der Waals surface area (Å²) in [6.45, 7) is 3.46. The second-order valence-corrected chi connectivity index (χ2v) is 5.31. The van der Waals surface area contributed by atoms with Gasteiger partial charge in [-0.2, -0.15) is 5.10 Å². The standard InChI is InChI=1S/C13H17N5O2/c1-13(2,12(15)20)6-16-11(19)10-8-5-7(14)3-4-9(8)17-18-10/h3-5H,6,14H2,1-2H3,(H2,15,20)(H,16,19)(H,17,18). The van der Waals surface area contributed by atoms with Gasteiger partial charge in [-0.05, 0) is 32.0 Å². The fraction of sp³-hybridized carbons (Fsp3) is 0.308. The Morgan fingerprint density at radius 1 is 1.40 bits per heavy atom. The van der Waals surface area contributed by atoms with E-state index in [0.717, 1.165) is 5.52 Å². The molecule has 0 spiro atoms. The minimum absolute atomic E-state index is 0.137. The van der Waals surface area contributed by atoms with Crippen molar-refractivity contribution in [1.29, 1.82) is 0 Å². The number of aromatic nitrogens is 2. The number of anilines is 1. The number of rotatable bonds is 4. The highest BCUT2D eigenvalue weighted by atomic mass is 16.2. The Morgan fingerprint density at radius 2 is 2.10 bits per heavy atom. The smallest absolute Gasteiger partial charge is 0.272 e. The quantitative estimate of drug-likeness (QED) is 0.602. The third-order valence-corrected chi connectivity index (χ3v) is 3.16. The number of nitrogens with zero attached hydrogens (tertiary/aromatic N) is 1. The molecule has 0 aliphatic carbocycles. The van der Waals surface area contributed by atoms with Gasteiger partial charge in [0, 0.05) is 17.6 Å². The Morgan fingerprint density at radius 3 is 2.75 bits per heavy atom. The number of carbonyl (C=O) groups excluding carboxylic acids is 2. The molecule has 1 aromatic carbocycles. The molecule has 0 saturated heterocycles. The summed E-state index contributed by atoms with van der Waals surface area (Å²) in [6.07, 6.45) is 0. The normalized spacial score (nSPS) is 11.5. The van der Waals surface area contributed by atoms with Crippen LogP contribution in [0.4, 0.5) is 5.69 Å². The van der Waals surface area contributed by atoms with Crippen molar-refractivity contribution in [2.75, 3.05) is 12.3 Å². The number of H-pyrrole nitrogens is 1. The number of hydrogen-bond acceptors (Lipinski definition) is 4. The lowest BCUT2D eigenvalue weighted by atomic mass is 9.93. The monoisotopic (exact) mass is 275 g/mol. The van der Waals surface area contributed by atoms with Crippen molar-refractivity contribution in [2.45, 2.75) is 13.8 Å². The van der Waals surface area contributed by atoms with Crippen molar-refractivity contribution in [3.63, 3.8) is 0 Å². The van der Waals surface area contributed by atoms with Gasteiger partial charge >= 0.3 is 0 Å². The van der Waals surface area contributed by atoms with Crippen LogP contribution in [0.3, 0.4) is 0 Å². The molecule has 0 aliphatic rings. The third-order valence-electron chi connectivity index (χ3n) is 3.16. The van der Waals surface area contributed by atoms with Crippen molar-refractivity contribution in [1.82, 2.24) is 15.5 Å². The number of primary amides is 1. The molecular formula is C13H17N5O2. The molecule has 7 heteroatoms. The first kappa shape index (κ1) is 13.9. The fourth-order valence-electron chi connectivity index (χ4n) is 1.68. The number of hydrogen-bond donors (Lipinski definition) is 4. The van der Waals surface area contributed by atoms with E-state index in [2.05, 4.69) is 15.5 Å². The lowest BCUT2D eigenvalue weighted by molar-refractivity contribution is -0.125. The number of amides is 2. The predicted octanol–water partition coefficient (Wildman–Crippen LogP) is 0.386. The van der Waals surface area contributed by atoms with Crippen LogP contribution in [-0.2, 0) is 4.79 Å². The summed E-state index contributed by atoms with van der Waals surface area (Å²) in [6, 6.07) is 5.15. The molecule has 0 aliphatic heterocycles. The van der Waals surface area contributed by atoms with Crippen LogP contribution in [0.5, 0.6) is 0 Å². The zero-order valence-corrected chi connectivity index (χ0v) is 11.4. The van der Waals surface area contributed by atoms with Crippen LogP contribution in [0.25, 0.3) is 10.9 Å². The van der Waals surface area contributed by atoms with Crippen molar-refractivity contribution >= 4 is 28.4 Å². The highest BCUT2D eigenvalue weighted by Gasteiger charge is 2.26. The summed E-state index contributed by atoms with van der Waals surface area (Å²) in [5.74, 6) is -0.856. The van der Waals surface area contributed by atoms with Gasteiger partial charge in [0.15, 0.2) is 5.69 Å². The summed E-state index contributed by atoms with van der Waals surface area (Å²) in [5, 5.41) is 10.0. The van der Waals surface area contributed by atoms with Gasteiger partial charge in [-0.3, -0.25) is 14.7 Å². The van der Waals surface area contributed by atoms with Crippen LogP contribution >= 0.6 is 0 Å². The largest absolute Gasteiger partial charge is 0.399 e. The van der Waals surface area contributed by atoms with Crippen LogP contribution < -0.4 is 16.8 Å². The summed E-state index contributed by atoms with van der Waals surface area (Å²) >= 11 is 0. The van der Waals surface area contributed by atoms with E-state index in [1.54, 1.807) is 32.0 Å². The van der Waals surface area contributed by atoms with Crippen LogP contribution in [0.1, 0.15) is 24.3 Å². The molecular weight excluding hydrogens is 258 g/mol. The predicted molar refractivity (Wildman–Crippen MR) is 75.8 cm³/mol. The molecule has 2 amide bonds.